The van der Waals surface area contributed by atoms with E-state index in [4.69, 9.17) is 10.0 Å². The molecule has 0 bridgehead atoms. The van der Waals surface area contributed by atoms with Crippen LogP contribution in [0.1, 0.15) is 6.42 Å². The Morgan fingerprint density at radius 2 is 1.19 bits per heavy atom. The van der Waals surface area contributed by atoms with Gasteiger partial charge in [0.1, 0.15) is 0 Å². The zero-order valence-corrected chi connectivity index (χ0v) is 15.5. The lowest BCUT2D eigenvalue weighted by molar-refractivity contribution is 0.411. The first-order chi connectivity index (χ1) is 12.3. The first-order valence-electron chi connectivity index (χ1n) is 7.85. The van der Waals surface area contributed by atoms with Crippen LogP contribution in [0.2, 0.25) is 6.32 Å². The Balaban J connectivity index is 2.48. The average molecular weight is 394 g/mol. The van der Waals surface area contributed by atoms with E-state index in [1.54, 1.807) is 12.1 Å². The predicted octanol–water partition coefficient (Wildman–Crippen LogP) is 1.68. The zero-order valence-electron chi connectivity index (χ0n) is 13.8. The largest absolute Gasteiger partial charge is 0.455 e. The van der Waals surface area contributed by atoms with Gasteiger partial charge in [-0.05, 0) is 37.0 Å². The van der Waals surface area contributed by atoms with Gasteiger partial charge in [0.15, 0.2) is 24.3 Å². The fourth-order valence-corrected chi connectivity index (χ4v) is 6.78. The van der Waals surface area contributed by atoms with Crippen molar-refractivity contribution >= 4 is 26.8 Å². The molecule has 26 heavy (non-hydrogen) atoms. The van der Waals surface area contributed by atoms with E-state index in [1.165, 1.54) is 60.7 Å². The summed E-state index contributed by atoms with van der Waals surface area (Å²) in [5, 5.41) is 17.7. The van der Waals surface area contributed by atoms with Crippen LogP contribution in [0.5, 0.6) is 0 Å². The van der Waals surface area contributed by atoms with Crippen LogP contribution >= 0.6 is 0 Å². The highest BCUT2D eigenvalue weighted by molar-refractivity contribution is 8.09. The van der Waals surface area contributed by atoms with Crippen LogP contribution < -0.4 is 0 Å². The molecule has 0 aliphatic carbocycles. The molecule has 2 N–H and O–H groups in total. The van der Waals surface area contributed by atoms with E-state index in [-0.39, 0.29) is 22.5 Å². The number of allylic oxidation sites excluding steroid dienone is 2. The number of hydrogen-bond acceptors (Lipinski definition) is 6. The van der Waals surface area contributed by atoms with Gasteiger partial charge in [-0.2, -0.15) is 0 Å². The minimum atomic E-state index is -4.17. The summed E-state index contributed by atoms with van der Waals surface area (Å²) < 4.78 is 50.2. The van der Waals surface area contributed by atoms with Crippen molar-refractivity contribution in [3.8, 4) is 0 Å². The molecular weight excluding hydrogens is 375 g/mol. The third-order valence-electron chi connectivity index (χ3n) is 3.68. The normalized spacial score (nSPS) is 12.6. The van der Waals surface area contributed by atoms with Crippen LogP contribution in [0.15, 0.2) is 82.6 Å². The number of rotatable bonds is 8. The Kier molecular flexibility index (Phi) is 6.77. The maximum absolute atomic E-state index is 13.0. The van der Waals surface area contributed by atoms with E-state index in [2.05, 4.69) is 0 Å². The topological polar surface area (TPSA) is 109 Å². The Bertz CT molecular complexity index is 870. The Hall–Kier alpha value is -1.94. The van der Waals surface area contributed by atoms with Gasteiger partial charge >= 0.3 is 7.12 Å². The van der Waals surface area contributed by atoms with Crippen molar-refractivity contribution in [1.82, 2.24) is 0 Å². The summed E-state index contributed by atoms with van der Waals surface area (Å²) in [7, 11) is -9.93. The molecule has 2 rings (SSSR count). The molecule has 0 atom stereocenters. The fraction of sp³-hybridized carbons (Fsp3) is 0.176. The van der Waals surface area contributed by atoms with Crippen molar-refractivity contribution in [2.75, 3.05) is 0 Å². The van der Waals surface area contributed by atoms with Crippen molar-refractivity contribution in [2.24, 2.45) is 0 Å². The fourth-order valence-electron chi connectivity index (χ4n) is 2.37. The summed E-state index contributed by atoms with van der Waals surface area (Å²) in [6.45, 7) is 0. The molecule has 6 nitrogen and oxygen atoms in total. The Morgan fingerprint density at radius 3 is 1.58 bits per heavy atom. The van der Waals surface area contributed by atoms with Gasteiger partial charge in [0.05, 0.1) is 9.79 Å². The lowest BCUT2D eigenvalue weighted by atomic mass is 9.86. The molecule has 0 saturated carbocycles. The highest BCUT2D eigenvalue weighted by atomic mass is 32.3. The lowest BCUT2D eigenvalue weighted by Gasteiger charge is -2.17. The Labute approximate surface area is 153 Å². The number of benzene rings is 2. The lowest BCUT2D eigenvalue weighted by Crippen LogP contribution is -2.30. The molecule has 0 aromatic heterocycles. The number of sulfone groups is 2. The second-order valence-corrected chi connectivity index (χ2v) is 10.1. The molecule has 0 spiro atoms. The molecule has 0 fully saturated rings. The van der Waals surface area contributed by atoms with Gasteiger partial charge < -0.3 is 10.0 Å². The van der Waals surface area contributed by atoms with Gasteiger partial charge in [0.2, 0.25) is 0 Å². The standard InChI is InChI=1S/C17H19BO6S2/c19-18(20)14-8-7-13-17(25(21,22)15-9-3-1-4-10-15)26(23,24)16-11-5-2-6-12-16/h1-12,17,19-20H,13-14H2/b8-7+. The van der Waals surface area contributed by atoms with Crippen molar-refractivity contribution < 1.29 is 26.9 Å². The summed E-state index contributed by atoms with van der Waals surface area (Å²) in [6, 6.07) is 14.8. The molecule has 0 unspecified atom stereocenters. The summed E-state index contributed by atoms with van der Waals surface area (Å²) >= 11 is 0. The van der Waals surface area contributed by atoms with Crippen LogP contribution in [0.3, 0.4) is 0 Å². The molecule has 0 amide bonds. The van der Waals surface area contributed by atoms with Crippen molar-refractivity contribution in [1.29, 1.82) is 0 Å². The first-order valence-corrected chi connectivity index (χ1v) is 10.9. The molecule has 0 aliphatic heterocycles. The minimum absolute atomic E-state index is 0.0832. The van der Waals surface area contributed by atoms with Gasteiger partial charge in [-0.1, -0.05) is 48.6 Å². The minimum Gasteiger partial charge on any atom is -0.427 e. The quantitative estimate of drug-likeness (QED) is 0.521. The number of hydrogen-bond donors (Lipinski definition) is 2. The zero-order chi connectivity index (χ0) is 19.2. The summed E-state index contributed by atoms with van der Waals surface area (Å²) in [5.41, 5.74) is 0. The maximum atomic E-state index is 13.0. The smallest absolute Gasteiger partial charge is 0.427 e. The molecule has 138 valence electrons. The first kappa shape index (κ1) is 20.4. The molecule has 0 radical (unpaired) electrons. The van der Waals surface area contributed by atoms with Gasteiger partial charge in [-0.15, -0.1) is 0 Å². The van der Waals surface area contributed by atoms with Gasteiger partial charge in [-0.3, -0.25) is 0 Å². The summed E-state index contributed by atoms with van der Waals surface area (Å²) in [4.78, 5) is -0.166. The van der Waals surface area contributed by atoms with Crippen LogP contribution in [0.25, 0.3) is 0 Å². The second-order valence-electron chi connectivity index (χ2n) is 5.57. The third kappa shape index (κ3) is 4.82. The molecule has 0 heterocycles. The summed E-state index contributed by atoms with van der Waals surface area (Å²) in [5.74, 6) is 0. The Morgan fingerprint density at radius 1 is 0.769 bits per heavy atom. The van der Waals surface area contributed by atoms with E-state index in [1.807, 2.05) is 0 Å². The molecule has 0 saturated heterocycles. The van der Waals surface area contributed by atoms with Crippen molar-refractivity contribution in [3.63, 3.8) is 0 Å². The van der Waals surface area contributed by atoms with Crippen LogP contribution in [-0.4, -0.2) is 38.6 Å². The van der Waals surface area contributed by atoms with Gasteiger partial charge in [-0.25, -0.2) is 16.8 Å². The van der Waals surface area contributed by atoms with Gasteiger partial charge in [0, 0.05) is 0 Å². The van der Waals surface area contributed by atoms with Crippen LogP contribution in [0.4, 0.5) is 0 Å². The van der Waals surface area contributed by atoms with Crippen molar-refractivity contribution in [2.45, 2.75) is 27.1 Å². The molecule has 2 aromatic carbocycles. The maximum Gasteiger partial charge on any atom is 0.455 e. The van der Waals surface area contributed by atoms with E-state index in [0.29, 0.717) is 0 Å². The van der Waals surface area contributed by atoms with Gasteiger partial charge in [0.25, 0.3) is 0 Å². The summed E-state index contributed by atoms with van der Waals surface area (Å²) in [6.07, 6.45) is 2.26. The highest BCUT2D eigenvalue weighted by Gasteiger charge is 2.38. The monoisotopic (exact) mass is 394 g/mol. The van der Waals surface area contributed by atoms with E-state index in [9.17, 15) is 16.8 Å². The highest BCUT2D eigenvalue weighted by Crippen LogP contribution is 2.28. The van der Waals surface area contributed by atoms with E-state index < -0.39 is 31.4 Å². The van der Waals surface area contributed by atoms with Crippen molar-refractivity contribution in [3.05, 3.63) is 72.8 Å². The molecule has 9 heteroatoms. The predicted molar refractivity (Wildman–Crippen MR) is 99.8 cm³/mol. The van der Waals surface area contributed by atoms with E-state index >= 15 is 0 Å². The van der Waals surface area contributed by atoms with E-state index in [0.717, 1.165) is 0 Å². The average Bonchev–Trinajstić information content (AvgIpc) is 2.62. The SMILES string of the molecule is O=S(=O)(c1ccccc1)C(C/C=C/CB(O)O)S(=O)(=O)c1ccccc1. The molecule has 0 aliphatic rings. The second kappa shape index (κ2) is 8.63. The molecule has 2 aromatic rings. The van der Waals surface area contributed by atoms with Crippen LogP contribution in [-0.2, 0) is 19.7 Å². The third-order valence-corrected chi connectivity index (χ3v) is 8.83. The molecular formula is C17H19BO6S2. The van der Waals surface area contributed by atoms with Crippen LogP contribution in [0, 0.1) is 0 Å².